The highest BCUT2D eigenvalue weighted by Crippen LogP contribution is 2.24. The highest BCUT2D eigenvalue weighted by molar-refractivity contribution is 5.69. The second-order valence-corrected chi connectivity index (χ2v) is 5.83. The first-order valence-corrected chi connectivity index (χ1v) is 8.01. The summed E-state index contributed by atoms with van der Waals surface area (Å²) in [6.07, 6.45) is 3.34. The number of carbonyl (C=O) groups excluding carboxylic acids is 2. The Labute approximate surface area is 131 Å². The lowest BCUT2D eigenvalue weighted by Crippen LogP contribution is -2.66. The Hall–Kier alpha value is -1.18. The third-order valence-electron chi connectivity index (χ3n) is 4.59. The van der Waals surface area contributed by atoms with Crippen molar-refractivity contribution >= 4 is 11.9 Å². The first-order valence-electron chi connectivity index (χ1n) is 8.01. The zero-order chi connectivity index (χ0) is 15.9. The molecule has 2 heterocycles. The van der Waals surface area contributed by atoms with Crippen LogP contribution in [0.1, 0.15) is 25.7 Å². The number of methoxy groups -OCH3 is 2. The molecule has 2 saturated heterocycles. The third-order valence-corrected chi connectivity index (χ3v) is 4.59. The van der Waals surface area contributed by atoms with E-state index in [-0.39, 0.29) is 18.1 Å². The zero-order valence-electron chi connectivity index (χ0n) is 13.5. The van der Waals surface area contributed by atoms with Crippen molar-refractivity contribution in [2.45, 2.75) is 37.9 Å². The SMILES string of the molecule is COC(=O)CCN1CCNC2C1CCCN2CCC(=O)OC. The van der Waals surface area contributed by atoms with Crippen molar-refractivity contribution in [2.24, 2.45) is 0 Å². The molecule has 0 amide bonds. The van der Waals surface area contributed by atoms with Crippen LogP contribution in [0.4, 0.5) is 0 Å². The van der Waals surface area contributed by atoms with Gasteiger partial charge in [-0.2, -0.15) is 0 Å². The number of nitrogens with zero attached hydrogens (tertiary/aromatic N) is 2. The lowest BCUT2D eigenvalue weighted by atomic mass is 9.97. The summed E-state index contributed by atoms with van der Waals surface area (Å²) in [5, 5.41) is 3.56. The summed E-state index contributed by atoms with van der Waals surface area (Å²) in [5.41, 5.74) is 0. The molecule has 2 unspecified atom stereocenters. The van der Waals surface area contributed by atoms with E-state index in [0.717, 1.165) is 39.0 Å². The number of piperidine rings is 1. The fourth-order valence-corrected chi connectivity index (χ4v) is 3.42. The summed E-state index contributed by atoms with van der Waals surface area (Å²) in [6.45, 7) is 4.29. The van der Waals surface area contributed by atoms with Crippen LogP contribution in [-0.2, 0) is 19.1 Å². The van der Waals surface area contributed by atoms with Crippen LogP contribution in [-0.4, -0.2) is 80.9 Å². The standard InChI is InChI=1S/C15H27N3O4/c1-21-13(19)5-9-17-11-7-16-15-12(17)4-3-8-18(15)10-6-14(20)22-2/h12,15-16H,3-11H2,1-2H3. The molecule has 0 aromatic rings. The lowest BCUT2D eigenvalue weighted by Gasteiger charge is -2.49. The molecule has 2 rings (SSSR count). The van der Waals surface area contributed by atoms with E-state index in [0.29, 0.717) is 25.4 Å². The third kappa shape index (κ3) is 4.41. The van der Waals surface area contributed by atoms with Gasteiger partial charge in [0.25, 0.3) is 0 Å². The molecule has 2 fully saturated rings. The number of piperazine rings is 1. The molecule has 2 aliphatic heterocycles. The minimum absolute atomic E-state index is 0.159. The predicted octanol–water partition coefficient (Wildman–Crippen LogP) is -0.192. The Balaban J connectivity index is 1.90. The van der Waals surface area contributed by atoms with Crippen LogP contribution in [0.15, 0.2) is 0 Å². The molecular weight excluding hydrogens is 286 g/mol. The number of rotatable bonds is 6. The average molecular weight is 313 g/mol. The largest absolute Gasteiger partial charge is 0.469 e. The topological polar surface area (TPSA) is 71.1 Å². The van der Waals surface area contributed by atoms with Crippen molar-refractivity contribution in [3.63, 3.8) is 0 Å². The van der Waals surface area contributed by atoms with Crippen LogP contribution in [0.2, 0.25) is 0 Å². The molecule has 0 radical (unpaired) electrons. The molecule has 22 heavy (non-hydrogen) atoms. The van der Waals surface area contributed by atoms with Crippen molar-refractivity contribution in [3.05, 3.63) is 0 Å². The van der Waals surface area contributed by atoms with Gasteiger partial charge in [0.05, 0.1) is 33.2 Å². The number of ether oxygens (including phenoxy) is 2. The molecule has 1 N–H and O–H groups in total. The number of hydrogen-bond donors (Lipinski definition) is 1. The molecule has 0 aromatic heterocycles. The van der Waals surface area contributed by atoms with Gasteiger partial charge in [0.15, 0.2) is 0 Å². The van der Waals surface area contributed by atoms with Crippen LogP contribution in [0.5, 0.6) is 0 Å². The highest BCUT2D eigenvalue weighted by atomic mass is 16.5. The smallest absolute Gasteiger partial charge is 0.306 e. The highest BCUT2D eigenvalue weighted by Gasteiger charge is 2.37. The van der Waals surface area contributed by atoms with Gasteiger partial charge in [-0.05, 0) is 19.4 Å². The molecule has 0 aliphatic carbocycles. The van der Waals surface area contributed by atoms with E-state index in [1.54, 1.807) is 0 Å². The summed E-state index contributed by atoms with van der Waals surface area (Å²) >= 11 is 0. The van der Waals surface area contributed by atoms with Crippen LogP contribution in [0, 0.1) is 0 Å². The monoisotopic (exact) mass is 313 g/mol. The van der Waals surface area contributed by atoms with E-state index in [2.05, 4.69) is 15.1 Å². The number of esters is 2. The minimum atomic E-state index is -0.166. The van der Waals surface area contributed by atoms with E-state index < -0.39 is 0 Å². The molecule has 0 spiro atoms. The van der Waals surface area contributed by atoms with Gasteiger partial charge >= 0.3 is 11.9 Å². The Morgan fingerprint density at radius 3 is 2.32 bits per heavy atom. The number of fused-ring (bicyclic) bond motifs is 1. The Kier molecular flexibility index (Phi) is 6.60. The van der Waals surface area contributed by atoms with Crippen LogP contribution >= 0.6 is 0 Å². The maximum absolute atomic E-state index is 11.4. The number of carbonyl (C=O) groups is 2. The van der Waals surface area contributed by atoms with Gasteiger partial charge in [0.1, 0.15) is 0 Å². The molecule has 0 aromatic carbocycles. The molecule has 126 valence electrons. The first-order chi connectivity index (χ1) is 10.7. The fourth-order valence-electron chi connectivity index (χ4n) is 3.42. The van der Waals surface area contributed by atoms with Crippen molar-refractivity contribution in [2.75, 3.05) is 46.9 Å². The molecule has 7 heteroatoms. The number of hydrogen-bond acceptors (Lipinski definition) is 7. The van der Waals surface area contributed by atoms with E-state index in [1.165, 1.54) is 14.2 Å². The van der Waals surface area contributed by atoms with Gasteiger partial charge in [-0.25, -0.2) is 0 Å². The van der Waals surface area contributed by atoms with Crippen molar-refractivity contribution in [1.82, 2.24) is 15.1 Å². The van der Waals surface area contributed by atoms with E-state index >= 15 is 0 Å². The summed E-state index contributed by atoms with van der Waals surface area (Å²) in [7, 11) is 2.85. The van der Waals surface area contributed by atoms with Gasteiger partial charge in [-0.1, -0.05) is 0 Å². The van der Waals surface area contributed by atoms with Crippen LogP contribution in [0.3, 0.4) is 0 Å². The average Bonchev–Trinajstić information content (AvgIpc) is 2.57. The second kappa shape index (κ2) is 8.45. The van der Waals surface area contributed by atoms with Gasteiger partial charge in [-0.3, -0.25) is 24.7 Å². The molecule has 0 bridgehead atoms. The van der Waals surface area contributed by atoms with Gasteiger partial charge in [0.2, 0.25) is 0 Å². The number of likely N-dealkylation sites (tertiary alicyclic amines) is 1. The van der Waals surface area contributed by atoms with Crippen LogP contribution in [0.25, 0.3) is 0 Å². The van der Waals surface area contributed by atoms with E-state index in [4.69, 9.17) is 9.47 Å². The Morgan fingerprint density at radius 1 is 1.05 bits per heavy atom. The summed E-state index contributed by atoms with van der Waals surface area (Å²) in [6, 6.07) is 0.393. The Bertz CT molecular complexity index is 355. The lowest BCUT2D eigenvalue weighted by molar-refractivity contribution is -0.143. The maximum Gasteiger partial charge on any atom is 0.306 e. The van der Waals surface area contributed by atoms with Gasteiger partial charge in [0, 0.05) is 32.2 Å². The molecule has 2 aliphatic rings. The minimum Gasteiger partial charge on any atom is -0.469 e. The fraction of sp³-hybridized carbons (Fsp3) is 0.867. The molecule has 2 atom stereocenters. The zero-order valence-corrected chi connectivity index (χ0v) is 13.5. The van der Waals surface area contributed by atoms with Crippen molar-refractivity contribution in [3.8, 4) is 0 Å². The summed E-state index contributed by atoms with van der Waals surface area (Å²) in [5.74, 6) is -0.325. The van der Waals surface area contributed by atoms with Crippen molar-refractivity contribution < 1.29 is 19.1 Å². The van der Waals surface area contributed by atoms with E-state index in [1.807, 2.05) is 0 Å². The van der Waals surface area contributed by atoms with E-state index in [9.17, 15) is 9.59 Å². The number of nitrogens with one attached hydrogen (secondary N) is 1. The quantitative estimate of drug-likeness (QED) is 0.681. The molecule has 7 nitrogen and oxygen atoms in total. The second-order valence-electron chi connectivity index (χ2n) is 5.83. The first kappa shape index (κ1) is 17.2. The van der Waals surface area contributed by atoms with Crippen LogP contribution < -0.4 is 5.32 Å². The Morgan fingerprint density at radius 2 is 1.68 bits per heavy atom. The van der Waals surface area contributed by atoms with Crippen molar-refractivity contribution in [1.29, 1.82) is 0 Å². The van der Waals surface area contributed by atoms with Gasteiger partial charge in [-0.15, -0.1) is 0 Å². The predicted molar refractivity (Wildman–Crippen MR) is 81.2 cm³/mol. The molecular formula is C15H27N3O4. The molecule has 0 saturated carbocycles. The maximum atomic E-state index is 11.4. The summed E-state index contributed by atoms with van der Waals surface area (Å²) in [4.78, 5) is 27.4. The normalized spacial score (nSPS) is 26.3. The van der Waals surface area contributed by atoms with Gasteiger partial charge < -0.3 is 9.47 Å². The summed E-state index contributed by atoms with van der Waals surface area (Å²) < 4.78 is 9.46.